The molecule has 1 aromatic heterocycles. The molecule has 1 heterocycles. The molecule has 0 saturated heterocycles. The van der Waals surface area contributed by atoms with Crippen molar-refractivity contribution in [1.29, 1.82) is 0 Å². The van der Waals surface area contributed by atoms with Gasteiger partial charge in [-0.05, 0) is 43.8 Å². The minimum atomic E-state index is -0.536. The molecule has 0 aliphatic rings. The highest BCUT2D eigenvalue weighted by atomic mass is 35.5. The summed E-state index contributed by atoms with van der Waals surface area (Å²) < 4.78 is 16.2. The van der Waals surface area contributed by atoms with Crippen molar-refractivity contribution in [3.05, 3.63) is 45.3 Å². The number of H-pyrrole nitrogens is 1. The number of esters is 1. The van der Waals surface area contributed by atoms with E-state index in [4.69, 9.17) is 38.0 Å². The third-order valence-electron chi connectivity index (χ3n) is 3.21. The molecule has 25 heavy (non-hydrogen) atoms. The topological polar surface area (TPSA) is 73.4 Å². The summed E-state index contributed by atoms with van der Waals surface area (Å²) in [5.41, 5.74) is 0.989. The van der Waals surface area contributed by atoms with E-state index in [1.165, 1.54) is 6.20 Å². The van der Waals surface area contributed by atoms with Crippen molar-refractivity contribution in [2.75, 3.05) is 13.7 Å². The molecule has 0 aliphatic heterocycles. The molecule has 6 nitrogen and oxygen atoms in total. The zero-order chi connectivity index (χ0) is 17.7. The molecule has 0 amide bonds. The van der Waals surface area contributed by atoms with Crippen LogP contribution in [-0.4, -0.2) is 29.7 Å². The van der Waals surface area contributed by atoms with Gasteiger partial charge in [0.2, 0.25) is 5.88 Å². The molecule has 0 aliphatic carbocycles. The van der Waals surface area contributed by atoms with Gasteiger partial charge >= 0.3 is 5.97 Å². The molecule has 2 aromatic rings. The fourth-order valence-corrected chi connectivity index (χ4v) is 2.42. The lowest BCUT2D eigenvalue weighted by molar-refractivity contribution is 0.0517. The highest BCUT2D eigenvalue weighted by Gasteiger charge is 2.18. The van der Waals surface area contributed by atoms with E-state index in [2.05, 4.69) is 9.97 Å². The Kier molecular flexibility index (Phi) is 7.86. The van der Waals surface area contributed by atoms with Crippen LogP contribution in [0.5, 0.6) is 11.6 Å². The number of aromatic nitrogens is 2. The molecule has 1 unspecified atom stereocenters. The van der Waals surface area contributed by atoms with Crippen LogP contribution in [0.1, 0.15) is 43.3 Å². The highest BCUT2D eigenvalue weighted by Crippen LogP contribution is 2.30. The number of rotatable bonds is 6. The molecule has 1 N–H and O–H groups in total. The number of halogens is 1. The number of methoxy groups -OCH3 is 1. The van der Waals surface area contributed by atoms with Crippen LogP contribution in [0.2, 0.25) is 5.02 Å². The van der Waals surface area contributed by atoms with Crippen molar-refractivity contribution >= 4 is 29.8 Å². The molecule has 0 radical (unpaired) electrons. The third-order valence-corrected chi connectivity index (χ3v) is 3.71. The monoisotopic (exact) mass is 384 g/mol. The molecule has 136 valence electrons. The summed E-state index contributed by atoms with van der Waals surface area (Å²) in [4.78, 5) is 18.7. The average Bonchev–Trinajstić information content (AvgIpc) is 2.55. The second-order valence-electron chi connectivity index (χ2n) is 4.81. The Bertz CT molecular complexity index is 794. The summed E-state index contributed by atoms with van der Waals surface area (Å²) in [6, 6.07) is 5.32. The number of carbonyl (C=O) groups is 1. The van der Waals surface area contributed by atoms with Crippen molar-refractivity contribution in [1.82, 2.24) is 9.97 Å². The van der Waals surface area contributed by atoms with Crippen LogP contribution in [0.25, 0.3) is 0 Å². The van der Waals surface area contributed by atoms with Crippen molar-refractivity contribution in [3.8, 4) is 11.6 Å². The third kappa shape index (κ3) is 5.17. The maximum absolute atomic E-state index is 12.0. The van der Waals surface area contributed by atoms with Crippen molar-refractivity contribution in [3.63, 3.8) is 0 Å². The summed E-state index contributed by atoms with van der Waals surface area (Å²) in [5.74, 6) is 0.238. The molecule has 8 heteroatoms. The second-order valence-corrected chi connectivity index (χ2v) is 5.60. The Hall–Kier alpha value is -2.12. The van der Waals surface area contributed by atoms with E-state index in [1.54, 1.807) is 26.2 Å². The Morgan fingerprint density at radius 2 is 2.16 bits per heavy atom. The van der Waals surface area contributed by atoms with Gasteiger partial charge in [-0.15, -0.1) is 0 Å². The standard InChI is InChI=1S/C16H17ClN2O4S.CH4/c1-4-22-15(20)11-8-18-16(24)19-14(11)23-9(2)10-5-6-13(21-3)12(17)7-10;/h5-9H,4H2,1-3H3,(H,18,19,24);1H4. The normalized spacial score (nSPS) is 11.2. The first-order valence-corrected chi connectivity index (χ1v) is 8.01. The smallest absolute Gasteiger partial charge is 0.345 e. The number of benzene rings is 1. The van der Waals surface area contributed by atoms with Gasteiger partial charge in [0.05, 0.1) is 24.9 Å². The number of carbonyl (C=O) groups excluding carboxylic acids is 1. The second kappa shape index (κ2) is 9.39. The summed E-state index contributed by atoms with van der Waals surface area (Å²) in [7, 11) is 1.55. The van der Waals surface area contributed by atoms with E-state index < -0.39 is 12.1 Å². The van der Waals surface area contributed by atoms with Crippen molar-refractivity contribution in [2.24, 2.45) is 0 Å². The first kappa shape index (κ1) is 20.9. The summed E-state index contributed by atoms with van der Waals surface area (Å²) in [6.07, 6.45) is 0.939. The summed E-state index contributed by atoms with van der Waals surface area (Å²) >= 11 is 11.1. The van der Waals surface area contributed by atoms with Crippen LogP contribution in [-0.2, 0) is 4.74 Å². The lowest BCUT2D eigenvalue weighted by atomic mass is 10.1. The average molecular weight is 385 g/mol. The van der Waals surface area contributed by atoms with E-state index in [9.17, 15) is 4.79 Å². The fourth-order valence-electron chi connectivity index (χ4n) is 2.01. The van der Waals surface area contributed by atoms with Crippen LogP contribution in [0.4, 0.5) is 0 Å². The maximum atomic E-state index is 12.0. The van der Waals surface area contributed by atoms with Crippen molar-refractivity contribution < 1.29 is 19.0 Å². The van der Waals surface area contributed by atoms with Crippen LogP contribution in [0.15, 0.2) is 24.4 Å². The minimum absolute atomic E-state index is 0. The van der Waals surface area contributed by atoms with E-state index in [1.807, 2.05) is 13.0 Å². The Morgan fingerprint density at radius 1 is 1.44 bits per heavy atom. The van der Waals surface area contributed by atoms with E-state index in [-0.39, 0.29) is 30.2 Å². The number of aromatic amines is 1. The predicted octanol–water partition coefficient (Wildman–Crippen LogP) is 4.75. The predicted molar refractivity (Wildman–Crippen MR) is 99.2 cm³/mol. The van der Waals surface area contributed by atoms with Gasteiger partial charge in [-0.1, -0.05) is 25.1 Å². The Labute approximate surface area is 157 Å². The minimum Gasteiger partial charge on any atom is -0.495 e. The molecular weight excluding hydrogens is 364 g/mol. The van der Waals surface area contributed by atoms with Gasteiger partial charge in [-0.25, -0.2) is 9.78 Å². The van der Waals surface area contributed by atoms with Crippen LogP contribution in [0.3, 0.4) is 0 Å². The van der Waals surface area contributed by atoms with Gasteiger partial charge in [0.1, 0.15) is 17.4 Å². The molecular formula is C17H21ClN2O4S. The number of hydrogen-bond donors (Lipinski definition) is 1. The van der Waals surface area contributed by atoms with Gasteiger partial charge in [0.25, 0.3) is 0 Å². The van der Waals surface area contributed by atoms with E-state index in [0.29, 0.717) is 10.8 Å². The highest BCUT2D eigenvalue weighted by molar-refractivity contribution is 7.71. The summed E-state index contributed by atoms with van der Waals surface area (Å²) in [6.45, 7) is 3.79. The Morgan fingerprint density at radius 3 is 2.76 bits per heavy atom. The van der Waals surface area contributed by atoms with Gasteiger partial charge in [0.15, 0.2) is 4.77 Å². The van der Waals surface area contributed by atoms with E-state index >= 15 is 0 Å². The molecule has 1 atom stereocenters. The number of nitrogens with zero attached hydrogens (tertiary/aromatic N) is 1. The SMILES string of the molecule is C.CCOC(=O)c1cnc(=S)[nH]c1OC(C)c1ccc(OC)c(Cl)c1. The van der Waals surface area contributed by atoms with Crippen LogP contribution in [0, 0.1) is 4.77 Å². The maximum Gasteiger partial charge on any atom is 0.345 e. The summed E-state index contributed by atoms with van der Waals surface area (Å²) in [5, 5.41) is 0.471. The van der Waals surface area contributed by atoms with E-state index in [0.717, 1.165) is 5.56 Å². The number of ether oxygens (including phenoxy) is 3. The lowest BCUT2D eigenvalue weighted by Gasteiger charge is -2.17. The zero-order valence-electron chi connectivity index (χ0n) is 13.5. The van der Waals surface area contributed by atoms with Gasteiger partial charge in [-0.2, -0.15) is 0 Å². The Balaban J connectivity index is 0.00000312. The first-order valence-electron chi connectivity index (χ1n) is 7.22. The van der Waals surface area contributed by atoms with Crippen LogP contribution >= 0.6 is 23.8 Å². The van der Waals surface area contributed by atoms with Crippen molar-refractivity contribution in [2.45, 2.75) is 27.4 Å². The molecule has 0 spiro atoms. The van der Waals surface area contributed by atoms with Crippen LogP contribution < -0.4 is 9.47 Å². The first-order chi connectivity index (χ1) is 11.5. The fraction of sp³-hybridized carbons (Fsp3) is 0.353. The molecule has 0 fully saturated rings. The molecule has 2 rings (SSSR count). The molecule has 0 bridgehead atoms. The molecule has 1 aromatic carbocycles. The molecule has 0 saturated carbocycles. The quantitative estimate of drug-likeness (QED) is 0.572. The lowest BCUT2D eigenvalue weighted by Crippen LogP contribution is -2.12. The largest absolute Gasteiger partial charge is 0.495 e. The van der Waals surface area contributed by atoms with Gasteiger partial charge in [0, 0.05) is 0 Å². The van der Waals surface area contributed by atoms with Gasteiger partial charge in [-0.3, -0.25) is 0 Å². The number of hydrogen-bond acceptors (Lipinski definition) is 6. The number of nitrogens with one attached hydrogen (secondary N) is 1. The zero-order valence-corrected chi connectivity index (χ0v) is 15.0. The van der Waals surface area contributed by atoms with Gasteiger partial charge < -0.3 is 19.2 Å².